The smallest absolute Gasteiger partial charge is 0.171 e. The maximum absolute atomic E-state index is 5.91. The molecule has 12 heavy (non-hydrogen) atoms. The van der Waals surface area contributed by atoms with Gasteiger partial charge in [0.2, 0.25) is 0 Å². The molecule has 0 fully saturated rings. The molecular weight excluding hydrogens is 216 g/mol. The summed E-state index contributed by atoms with van der Waals surface area (Å²) >= 11 is 0. The van der Waals surface area contributed by atoms with Crippen molar-refractivity contribution in [3.63, 3.8) is 0 Å². The molecule has 0 bridgehead atoms. The summed E-state index contributed by atoms with van der Waals surface area (Å²) in [4.78, 5) is 0. The Bertz CT molecular complexity index is 132. The summed E-state index contributed by atoms with van der Waals surface area (Å²) in [6, 6.07) is 0. The monoisotopic (exact) mass is 238 g/mol. The maximum atomic E-state index is 5.91. The van der Waals surface area contributed by atoms with E-state index < -0.39 is 16.6 Å². The molecule has 74 valence electrons. The number of rotatable bonds is 5. The van der Waals surface area contributed by atoms with E-state index in [4.69, 9.17) is 8.23 Å². The number of hydrogen-bond acceptors (Lipinski definition) is 2. The highest BCUT2D eigenvalue weighted by molar-refractivity contribution is 6.82. The zero-order valence-electron chi connectivity index (χ0n) is 9.23. The molecule has 0 heterocycles. The summed E-state index contributed by atoms with van der Waals surface area (Å²) in [6.45, 7) is 11.4. The van der Waals surface area contributed by atoms with Crippen LogP contribution in [0.25, 0.3) is 0 Å². The van der Waals surface area contributed by atoms with Gasteiger partial charge in [-0.2, -0.15) is 0 Å². The number of hydrogen-bond donors (Lipinski definition) is 0. The van der Waals surface area contributed by atoms with Crippen LogP contribution in [0.15, 0.2) is 0 Å². The quantitative estimate of drug-likeness (QED) is 0.645. The summed E-state index contributed by atoms with van der Waals surface area (Å²) in [5.41, 5.74) is 1.28. The predicted molar refractivity (Wildman–Crippen MR) is 66.3 cm³/mol. The van der Waals surface area contributed by atoms with Crippen molar-refractivity contribution in [2.75, 3.05) is 0 Å². The van der Waals surface area contributed by atoms with Crippen LogP contribution in [0.4, 0.5) is 0 Å². The lowest BCUT2D eigenvalue weighted by Crippen LogP contribution is -2.35. The molecule has 0 saturated heterocycles. The van der Waals surface area contributed by atoms with Crippen molar-refractivity contribution in [3.8, 4) is 0 Å². The van der Waals surface area contributed by atoms with Gasteiger partial charge in [0.25, 0.3) is 0 Å². The molecule has 0 aliphatic carbocycles. The van der Waals surface area contributed by atoms with Crippen molar-refractivity contribution in [2.24, 2.45) is 0 Å². The Morgan fingerprint density at radius 3 is 2.00 bits per heavy atom. The zero-order valence-corrected chi connectivity index (χ0v) is 14.6. The van der Waals surface area contributed by atoms with Crippen molar-refractivity contribution in [2.45, 2.75) is 38.4 Å². The Balaban J connectivity index is 3.57. The van der Waals surface area contributed by atoms with Crippen LogP contribution in [0.5, 0.6) is 0 Å². The van der Waals surface area contributed by atoms with Crippen LogP contribution < -0.4 is 0 Å². The van der Waals surface area contributed by atoms with Crippen LogP contribution in [0.2, 0.25) is 38.4 Å². The van der Waals surface area contributed by atoms with E-state index in [1.54, 1.807) is 0 Å². The van der Waals surface area contributed by atoms with Crippen LogP contribution in [0, 0.1) is 0 Å². The van der Waals surface area contributed by atoms with Crippen LogP contribution in [0.3, 0.4) is 0 Å². The summed E-state index contributed by atoms with van der Waals surface area (Å²) in [6.07, 6.45) is 0. The van der Waals surface area contributed by atoms with E-state index in [-0.39, 0.29) is 9.76 Å². The molecule has 0 aromatic carbocycles. The second-order valence-electron chi connectivity index (χ2n) is 4.67. The SMILES string of the molecule is C[Si](C)(C)O[SiH2]C[Si](C)(C)O[SiH3]. The second kappa shape index (κ2) is 4.87. The van der Waals surface area contributed by atoms with Crippen molar-refractivity contribution in [1.29, 1.82) is 0 Å². The van der Waals surface area contributed by atoms with E-state index in [9.17, 15) is 0 Å². The standard InChI is InChI=1S/C6H22O2Si4/c1-11(2,3)8-10-6-12(4,5)7-9/h6,10H2,1-5,9H3. The van der Waals surface area contributed by atoms with Crippen LogP contribution >= 0.6 is 0 Å². The van der Waals surface area contributed by atoms with Crippen molar-refractivity contribution in [3.05, 3.63) is 0 Å². The lowest BCUT2D eigenvalue weighted by Gasteiger charge is -2.23. The van der Waals surface area contributed by atoms with Gasteiger partial charge in [0.05, 0.1) is 0 Å². The molecule has 0 aromatic rings. The minimum atomic E-state index is -1.26. The Hall–Kier alpha value is 0.788. The minimum Gasteiger partial charge on any atom is -0.464 e. The largest absolute Gasteiger partial charge is 0.464 e. The van der Waals surface area contributed by atoms with Crippen molar-refractivity contribution >= 4 is 36.9 Å². The second-order valence-corrected chi connectivity index (χ2v) is 17.6. The van der Waals surface area contributed by atoms with E-state index in [1.807, 2.05) is 0 Å². The van der Waals surface area contributed by atoms with E-state index in [2.05, 4.69) is 32.7 Å². The van der Waals surface area contributed by atoms with Gasteiger partial charge in [0.15, 0.2) is 16.6 Å². The molecule has 0 aliphatic heterocycles. The van der Waals surface area contributed by atoms with Crippen molar-refractivity contribution < 1.29 is 8.23 Å². The Morgan fingerprint density at radius 2 is 1.67 bits per heavy atom. The van der Waals surface area contributed by atoms with Crippen molar-refractivity contribution in [1.82, 2.24) is 0 Å². The third kappa shape index (κ3) is 7.44. The van der Waals surface area contributed by atoms with Gasteiger partial charge >= 0.3 is 0 Å². The fourth-order valence-electron chi connectivity index (χ4n) is 0.705. The van der Waals surface area contributed by atoms with Crippen LogP contribution in [0.1, 0.15) is 0 Å². The van der Waals surface area contributed by atoms with E-state index in [0.717, 1.165) is 10.5 Å². The molecule has 0 atom stereocenters. The molecule has 0 aliphatic rings. The average molecular weight is 239 g/mol. The van der Waals surface area contributed by atoms with E-state index in [0.29, 0.717) is 0 Å². The molecule has 0 unspecified atom stereocenters. The molecule has 0 saturated carbocycles. The minimum absolute atomic E-state index is 0.287. The maximum Gasteiger partial charge on any atom is 0.171 e. The lowest BCUT2D eigenvalue weighted by molar-refractivity contribution is 0.585. The fourth-order valence-corrected chi connectivity index (χ4v) is 9.10. The van der Waals surface area contributed by atoms with Gasteiger partial charge in [-0.25, -0.2) is 0 Å². The Morgan fingerprint density at radius 1 is 1.17 bits per heavy atom. The first-order valence-electron chi connectivity index (χ1n) is 4.46. The molecule has 0 aromatic heterocycles. The third-order valence-electron chi connectivity index (χ3n) is 1.79. The van der Waals surface area contributed by atoms with Gasteiger partial charge in [-0.1, -0.05) is 0 Å². The molecule has 0 spiro atoms. The topological polar surface area (TPSA) is 18.5 Å². The first kappa shape index (κ1) is 12.8. The Kier molecular flexibility index (Phi) is 5.19. The zero-order chi connectivity index (χ0) is 9.83. The highest BCUT2D eigenvalue weighted by atomic mass is 28.4. The summed E-state index contributed by atoms with van der Waals surface area (Å²) < 4.78 is 11.5. The molecule has 0 radical (unpaired) electrons. The average Bonchev–Trinajstić information content (AvgIpc) is 1.84. The highest BCUT2D eigenvalue weighted by Gasteiger charge is 2.22. The van der Waals surface area contributed by atoms with Gasteiger partial charge in [-0.05, 0) is 38.4 Å². The van der Waals surface area contributed by atoms with Gasteiger partial charge in [0.1, 0.15) is 20.2 Å². The molecule has 0 N–H and O–H groups in total. The van der Waals surface area contributed by atoms with Gasteiger partial charge in [-0.3, -0.25) is 0 Å². The fraction of sp³-hybridized carbons (Fsp3) is 1.00. The van der Waals surface area contributed by atoms with E-state index >= 15 is 0 Å². The summed E-state index contributed by atoms with van der Waals surface area (Å²) in [7, 11) is -1.88. The molecule has 0 rings (SSSR count). The summed E-state index contributed by atoms with van der Waals surface area (Å²) in [5, 5.41) is 0. The third-order valence-corrected chi connectivity index (χ3v) is 16.1. The van der Waals surface area contributed by atoms with Crippen LogP contribution in [-0.4, -0.2) is 36.9 Å². The van der Waals surface area contributed by atoms with Gasteiger partial charge in [-0.15, -0.1) is 0 Å². The van der Waals surface area contributed by atoms with Gasteiger partial charge in [0, 0.05) is 0 Å². The molecule has 0 amide bonds. The molecule has 2 nitrogen and oxygen atoms in total. The molecular formula is C6H22O2Si4. The van der Waals surface area contributed by atoms with E-state index in [1.165, 1.54) is 5.67 Å². The highest BCUT2D eigenvalue weighted by Crippen LogP contribution is 2.10. The van der Waals surface area contributed by atoms with Crippen LogP contribution in [-0.2, 0) is 8.23 Å². The normalized spacial score (nSPS) is 14.8. The first-order chi connectivity index (χ1) is 5.27. The first-order valence-corrected chi connectivity index (χ1v) is 13.4. The summed E-state index contributed by atoms with van der Waals surface area (Å²) in [5.74, 6) is 0. The predicted octanol–water partition coefficient (Wildman–Crippen LogP) is 0.381. The lowest BCUT2D eigenvalue weighted by atomic mass is 11.8. The van der Waals surface area contributed by atoms with Gasteiger partial charge < -0.3 is 8.23 Å². The molecule has 6 heteroatoms. The Labute approximate surface area is 83.8 Å².